The number of phosphoric ester groups is 2. The molecule has 104 heavy (non-hydrogen) atoms. The molecule has 0 bridgehead atoms. The van der Waals surface area contributed by atoms with Gasteiger partial charge < -0.3 is 33.8 Å². The quantitative estimate of drug-likeness (QED) is 0.0169. The maximum Gasteiger partial charge on any atom is 0.472 e. The number of allylic oxidation sites excluding steroid dienone is 4. The Labute approximate surface area is 637 Å². The largest absolute Gasteiger partial charge is 0.472 e. The van der Waals surface area contributed by atoms with E-state index in [1.165, 1.54) is 244 Å². The van der Waals surface area contributed by atoms with Crippen LogP contribution in [0.25, 0.3) is 0 Å². The van der Waals surface area contributed by atoms with E-state index < -0.39 is 97.5 Å². The Morgan fingerprint density at radius 1 is 0.308 bits per heavy atom. The van der Waals surface area contributed by atoms with E-state index in [1.807, 2.05) is 0 Å². The van der Waals surface area contributed by atoms with Gasteiger partial charge in [0.15, 0.2) is 12.2 Å². The zero-order valence-corrected chi connectivity index (χ0v) is 69.4. The van der Waals surface area contributed by atoms with Gasteiger partial charge in [-0.15, -0.1) is 0 Å². The molecule has 614 valence electrons. The Hall–Kier alpha value is -2.46. The topological polar surface area (TPSA) is 237 Å². The van der Waals surface area contributed by atoms with Gasteiger partial charge in [-0.25, -0.2) is 9.13 Å². The van der Waals surface area contributed by atoms with Gasteiger partial charge in [0.05, 0.1) is 26.4 Å². The summed E-state index contributed by atoms with van der Waals surface area (Å²) in [6.45, 7) is 7.32. The van der Waals surface area contributed by atoms with Crippen molar-refractivity contribution < 1.29 is 80.2 Å². The number of carbonyl (C=O) groups excluding carboxylic acids is 4. The lowest BCUT2D eigenvalue weighted by atomic mass is 9.99. The van der Waals surface area contributed by atoms with Crippen LogP contribution in [0.1, 0.15) is 433 Å². The Bertz CT molecular complexity index is 2080. The van der Waals surface area contributed by atoms with E-state index in [0.29, 0.717) is 25.7 Å². The first-order valence-corrected chi connectivity index (χ1v) is 46.5. The first-order valence-electron chi connectivity index (χ1n) is 43.5. The van der Waals surface area contributed by atoms with Crippen LogP contribution < -0.4 is 0 Å². The molecule has 0 heterocycles. The van der Waals surface area contributed by atoms with Crippen molar-refractivity contribution in [3.8, 4) is 0 Å². The van der Waals surface area contributed by atoms with Crippen molar-refractivity contribution in [3.63, 3.8) is 0 Å². The van der Waals surface area contributed by atoms with E-state index in [4.69, 9.17) is 37.0 Å². The summed E-state index contributed by atoms with van der Waals surface area (Å²) in [5.41, 5.74) is 0. The molecule has 3 unspecified atom stereocenters. The number of phosphoric acid groups is 2. The van der Waals surface area contributed by atoms with Crippen molar-refractivity contribution in [1.29, 1.82) is 0 Å². The highest BCUT2D eigenvalue weighted by molar-refractivity contribution is 7.47. The Kier molecular flexibility index (Phi) is 75.4. The van der Waals surface area contributed by atoms with Crippen LogP contribution in [0.3, 0.4) is 0 Å². The molecule has 0 aliphatic heterocycles. The predicted molar refractivity (Wildman–Crippen MR) is 428 cm³/mol. The summed E-state index contributed by atoms with van der Waals surface area (Å²) in [5, 5.41) is 10.7. The van der Waals surface area contributed by atoms with Gasteiger partial charge >= 0.3 is 39.5 Å². The zero-order valence-electron chi connectivity index (χ0n) is 67.7. The number of unbranched alkanes of at least 4 members (excludes halogenated alkanes) is 51. The summed E-state index contributed by atoms with van der Waals surface area (Å²) in [4.78, 5) is 73.1. The lowest BCUT2D eigenvalue weighted by Crippen LogP contribution is -2.30. The van der Waals surface area contributed by atoms with Crippen LogP contribution in [0.4, 0.5) is 0 Å². The van der Waals surface area contributed by atoms with E-state index in [-0.39, 0.29) is 25.7 Å². The number of hydrogen-bond donors (Lipinski definition) is 3. The number of esters is 4. The summed E-state index contributed by atoms with van der Waals surface area (Å²) >= 11 is 0. The van der Waals surface area contributed by atoms with Crippen molar-refractivity contribution in [2.75, 3.05) is 39.6 Å². The summed E-state index contributed by atoms with van der Waals surface area (Å²) in [6, 6.07) is 0. The van der Waals surface area contributed by atoms with Crippen molar-refractivity contribution in [2.45, 2.75) is 451 Å². The first-order chi connectivity index (χ1) is 50.6. The molecule has 17 nitrogen and oxygen atoms in total. The van der Waals surface area contributed by atoms with E-state index in [0.717, 1.165) is 109 Å². The van der Waals surface area contributed by atoms with Crippen molar-refractivity contribution in [3.05, 3.63) is 24.3 Å². The van der Waals surface area contributed by atoms with Crippen LogP contribution in [0.5, 0.6) is 0 Å². The lowest BCUT2D eigenvalue weighted by Gasteiger charge is -2.21. The van der Waals surface area contributed by atoms with Crippen molar-refractivity contribution >= 4 is 39.5 Å². The highest BCUT2D eigenvalue weighted by Crippen LogP contribution is 2.45. The normalized spacial score (nSPS) is 14.2. The number of aliphatic hydroxyl groups excluding tert-OH is 1. The highest BCUT2D eigenvalue weighted by atomic mass is 31.2. The zero-order chi connectivity index (χ0) is 76.2. The molecule has 0 rings (SSSR count). The van der Waals surface area contributed by atoms with Crippen LogP contribution in [-0.4, -0.2) is 96.7 Å². The molecule has 0 aromatic carbocycles. The van der Waals surface area contributed by atoms with Gasteiger partial charge in [0.1, 0.15) is 19.3 Å². The van der Waals surface area contributed by atoms with Crippen LogP contribution >= 0.6 is 15.6 Å². The second-order valence-electron chi connectivity index (χ2n) is 30.1. The third-order valence-electron chi connectivity index (χ3n) is 19.8. The van der Waals surface area contributed by atoms with Crippen LogP contribution in [0.15, 0.2) is 24.3 Å². The average molecular weight is 1520 g/mol. The number of ether oxygens (including phenoxy) is 4. The highest BCUT2D eigenvalue weighted by Gasteiger charge is 2.30. The third kappa shape index (κ3) is 76.3. The summed E-state index contributed by atoms with van der Waals surface area (Å²) < 4.78 is 68.7. The molecule has 0 saturated carbocycles. The van der Waals surface area contributed by atoms with Gasteiger partial charge in [0, 0.05) is 25.7 Å². The van der Waals surface area contributed by atoms with E-state index >= 15 is 0 Å². The molecule has 0 amide bonds. The summed E-state index contributed by atoms with van der Waals surface area (Å²) in [5.74, 6) is -1.29. The smallest absolute Gasteiger partial charge is 0.462 e. The second-order valence-corrected chi connectivity index (χ2v) is 33.0. The molecule has 0 aromatic heterocycles. The molecule has 6 atom stereocenters. The maximum absolute atomic E-state index is 13.1. The SMILES string of the molecule is CCCCCC/C=C\C=C/CCCCCCCC(=O)O[C@H](COC(=O)CCCCCCCCCCC)COP(=O)(O)OC[C@H](O)COP(=O)(O)OC[C@@H](COC(=O)CCCCCCCCCCCCCCCCC(C)CC)OC(=O)CCCCCCCCCCCCCCCCCCCCCCCC. The van der Waals surface area contributed by atoms with Crippen LogP contribution in [-0.2, 0) is 65.4 Å². The van der Waals surface area contributed by atoms with E-state index in [1.54, 1.807) is 0 Å². The maximum atomic E-state index is 13.1. The standard InChI is InChI=1S/C85H162O17P2/c1-6-10-13-16-19-22-24-26-28-29-30-31-32-33-34-36-42-46-51-56-61-66-71-85(90)102-81(75-96-83(88)69-64-59-54-49-44-40-38-37-39-43-48-52-57-62-67-78(5)9-4)77-100-104(93,94)98-73-79(86)72-97-103(91,92)99-76-80(74-95-82(87)68-63-58-53-47-21-18-15-12-8-3)101-84(89)70-65-60-55-50-45-41-35-27-25-23-20-17-14-11-7-2/h23,25,27,35,78-81,86H,6-22,24,26,28-34,36-77H2,1-5H3,(H,91,92)(H,93,94)/b25-23-,35-27-/t78?,79-,80+,81+/m0/s1. The second kappa shape index (κ2) is 77.3. The minimum Gasteiger partial charge on any atom is -0.462 e. The van der Waals surface area contributed by atoms with Gasteiger partial charge in [-0.1, -0.05) is 380 Å². The van der Waals surface area contributed by atoms with Crippen molar-refractivity contribution in [1.82, 2.24) is 0 Å². The van der Waals surface area contributed by atoms with Gasteiger partial charge in [0.2, 0.25) is 0 Å². The molecular formula is C85H162O17P2. The molecule has 0 fully saturated rings. The molecule has 0 spiro atoms. The predicted octanol–water partition coefficient (Wildman–Crippen LogP) is 25.5. The molecule has 0 radical (unpaired) electrons. The Balaban J connectivity index is 5.23. The fourth-order valence-corrected chi connectivity index (χ4v) is 14.3. The summed E-state index contributed by atoms with van der Waals surface area (Å²) in [7, 11) is -9.93. The number of hydrogen-bond acceptors (Lipinski definition) is 15. The first kappa shape index (κ1) is 102. The number of aliphatic hydroxyl groups is 1. The Morgan fingerprint density at radius 2 is 0.538 bits per heavy atom. The molecule has 0 aliphatic carbocycles. The van der Waals surface area contributed by atoms with Gasteiger partial charge in [-0.3, -0.25) is 37.3 Å². The molecule has 19 heteroatoms. The minimum atomic E-state index is -4.97. The fourth-order valence-electron chi connectivity index (χ4n) is 12.7. The van der Waals surface area contributed by atoms with Gasteiger partial charge in [-0.2, -0.15) is 0 Å². The molecule has 0 saturated heterocycles. The van der Waals surface area contributed by atoms with E-state index in [9.17, 15) is 43.2 Å². The fraction of sp³-hybridized carbons (Fsp3) is 0.906. The van der Waals surface area contributed by atoms with E-state index in [2.05, 4.69) is 58.9 Å². The monoisotopic (exact) mass is 1520 g/mol. The minimum absolute atomic E-state index is 0.0855. The van der Waals surface area contributed by atoms with Crippen LogP contribution in [0, 0.1) is 5.92 Å². The van der Waals surface area contributed by atoms with Crippen LogP contribution in [0.2, 0.25) is 0 Å². The van der Waals surface area contributed by atoms with Gasteiger partial charge in [-0.05, 0) is 57.3 Å². The Morgan fingerprint density at radius 3 is 0.817 bits per heavy atom. The lowest BCUT2D eigenvalue weighted by molar-refractivity contribution is -0.161. The molecule has 3 N–H and O–H groups in total. The number of rotatable bonds is 83. The van der Waals surface area contributed by atoms with Gasteiger partial charge in [0.25, 0.3) is 0 Å². The summed E-state index contributed by atoms with van der Waals surface area (Å²) in [6.07, 6.45) is 73.0. The molecule has 0 aliphatic rings. The molecule has 0 aromatic rings. The molecular weight excluding hydrogens is 1350 g/mol. The van der Waals surface area contributed by atoms with Crippen molar-refractivity contribution in [2.24, 2.45) is 5.92 Å². The average Bonchev–Trinajstić information content (AvgIpc) is 1.17. The number of carbonyl (C=O) groups is 4. The third-order valence-corrected chi connectivity index (χ3v) is 21.7.